The van der Waals surface area contributed by atoms with E-state index in [1.807, 2.05) is 38.1 Å². The highest BCUT2D eigenvalue weighted by molar-refractivity contribution is 14.0. The quantitative estimate of drug-likeness (QED) is 0.220. The number of aliphatic imine (C=N–C) groups is 1. The SMILES string of the molecule is CCNC(=NCC(O)COc1cccc(C)c1)NCCCOC.I. The molecule has 6 nitrogen and oxygen atoms in total. The van der Waals surface area contributed by atoms with Gasteiger partial charge in [-0.05, 0) is 38.0 Å². The van der Waals surface area contributed by atoms with Crippen molar-refractivity contribution in [3.63, 3.8) is 0 Å². The van der Waals surface area contributed by atoms with E-state index in [9.17, 15) is 5.11 Å². The molecule has 0 saturated heterocycles. The van der Waals surface area contributed by atoms with Gasteiger partial charge in [0.1, 0.15) is 18.5 Å². The predicted octanol–water partition coefficient (Wildman–Crippen LogP) is 1.94. The maximum atomic E-state index is 10.00. The molecule has 0 aliphatic heterocycles. The van der Waals surface area contributed by atoms with Crippen molar-refractivity contribution < 1.29 is 14.6 Å². The van der Waals surface area contributed by atoms with E-state index in [1.54, 1.807) is 7.11 Å². The van der Waals surface area contributed by atoms with Crippen LogP contribution in [0.15, 0.2) is 29.3 Å². The molecule has 0 aliphatic rings. The van der Waals surface area contributed by atoms with Crippen LogP contribution in [-0.4, -0.2) is 57.1 Å². The third kappa shape index (κ3) is 10.7. The van der Waals surface area contributed by atoms with E-state index < -0.39 is 6.10 Å². The van der Waals surface area contributed by atoms with Crippen LogP contribution in [0.2, 0.25) is 0 Å². The lowest BCUT2D eigenvalue weighted by atomic mass is 10.2. The predicted molar refractivity (Wildman–Crippen MR) is 109 cm³/mol. The molecule has 1 rings (SSSR count). The summed E-state index contributed by atoms with van der Waals surface area (Å²) in [6.07, 6.45) is 0.255. The zero-order valence-corrected chi connectivity index (χ0v) is 17.1. The Kier molecular flexibility index (Phi) is 13.7. The highest BCUT2D eigenvalue weighted by Crippen LogP contribution is 2.12. The van der Waals surface area contributed by atoms with Crippen molar-refractivity contribution in [3.8, 4) is 5.75 Å². The molecule has 0 aromatic heterocycles. The average molecular weight is 451 g/mol. The van der Waals surface area contributed by atoms with Crippen LogP contribution < -0.4 is 15.4 Å². The van der Waals surface area contributed by atoms with Gasteiger partial charge in [-0.15, -0.1) is 24.0 Å². The average Bonchev–Trinajstić information content (AvgIpc) is 2.54. The van der Waals surface area contributed by atoms with E-state index in [-0.39, 0.29) is 37.1 Å². The van der Waals surface area contributed by atoms with Gasteiger partial charge in [0.2, 0.25) is 0 Å². The molecule has 0 heterocycles. The number of aliphatic hydroxyl groups excluding tert-OH is 1. The minimum absolute atomic E-state index is 0. The van der Waals surface area contributed by atoms with Crippen LogP contribution in [0.25, 0.3) is 0 Å². The van der Waals surface area contributed by atoms with Crippen molar-refractivity contribution in [2.45, 2.75) is 26.4 Å². The Labute approximate surface area is 162 Å². The number of hydrogen-bond donors (Lipinski definition) is 3. The molecule has 7 heteroatoms. The van der Waals surface area contributed by atoms with Crippen LogP contribution in [0, 0.1) is 6.92 Å². The van der Waals surface area contributed by atoms with Crippen LogP contribution in [-0.2, 0) is 4.74 Å². The fourth-order valence-electron chi connectivity index (χ4n) is 1.91. The topological polar surface area (TPSA) is 75.1 Å². The third-order valence-electron chi connectivity index (χ3n) is 3.05. The summed E-state index contributed by atoms with van der Waals surface area (Å²) in [5.74, 6) is 1.45. The summed E-state index contributed by atoms with van der Waals surface area (Å²) in [7, 11) is 1.68. The zero-order valence-electron chi connectivity index (χ0n) is 14.7. The minimum atomic E-state index is -0.648. The lowest BCUT2D eigenvalue weighted by Crippen LogP contribution is -2.39. The molecule has 0 fully saturated rings. The van der Waals surface area contributed by atoms with Gasteiger partial charge in [0, 0.05) is 26.8 Å². The first-order valence-electron chi connectivity index (χ1n) is 8.04. The molecular formula is C17H30IN3O3. The van der Waals surface area contributed by atoms with Gasteiger partial charge in [-0.25, -0.2) is 0 Å². The van der Waals surface area contributed by atoms with Gasteiger partial charge in [0.15, 0.2) is 5.96 Å². The first-order valence-corrected chi connectivity index (χ1v) is 8.04. The van der Waals surface area contributed by atoms with Gasteiger partial charge in [0.25, 0.3) is 0 Å². The van der Waals surface area contributed by atoms with Gasteiger partial charge in [-0.2, -0.15) is 0 Å². The minimum Gasteiger partial charge on any atom is -0.491 e. The molecule has 24 heavy (non-hydrogen) atoms. The Bertz CT molecular complexity index is 472. The van der Waals surface area contributed by atoms with Crippen molar-refractivity contribution in [1.82, 2.24) is 10.6 Å². The number of hydrogen-bond acceptors (Lipinski definition) is 4. The molecule has 0 aliphatic carbocycles. The summed E-state index contributed by atoms with van der Waals surface area (Å²) in [5.41, 5.74) is 1.13. The fraction of sp³-hybridized carbons (Fsp3) is 0.588. The first kappa shape index (κ1) is 22.9. The molecule has 0 saturated carbocycles. The van der Waals surface area contributed by atoms with Gasteiger partial charge in [0.05, 0.1) is 6.54 Å². The number of ether oxygens (including phenoxy) is 2. The van der Waals surface area contributed by atoms with Crippen molar-refractivity contribution in [2.24, 2.45) is 4.99 Å². The molecule has 1 unspecified atom stereocenters. The van der Waals surface area contributed by atoms with Crippen molar-refractivity contribution >= 4 is 29.9 Å². The number of nitrogens with one attached hydrogen (secondary N) is 2. The Morgan fingerprint density at radius 2 is 2.12 bits per heavy atom. The molecule has 1 atom stereocenters. The van der Waals surface area contributed by atoms with E-state index in [0.29, 0.717) is 12.6 Å². The van der Waals surface area contributed by atoms with Crippen LogP contribution in [0.4, 0.5) is 0 Å². The highest BCUT2D eigenvalue weighted by atomic mass is 127. The Morgan fingerprint density at radius 1 is 1.33 bits per heavy atom. The number of benzene rings is 1. The number of guanidine groups is 1. The molecule has 3 N–H and O–H groups in total. The third-order valence-corrected chi connectivity index (χ3v) is 3.05. The number of nitrogens with zero attached hydrogens (tertiary/aromatic N) is 1. The lowest BCUT2D eigenvalue weighted by Gasteiger charge is -2.14. The summed E-state index contributed by atoms with van der Waals surface area (Å²) in [6.45, 7) is 6.76. The van der Waals surface area contributed by atoms with Gasteiger partial charge >= 0.3 is 0 Å². The van der Waals surface area contributed by atoms with Crippen LogP contribution >= 0.6 is 24.0 Å². The zero-order chi connectivity index (χ0) is 16.9. The molecule has 1 aromatic rings. The smallest absolute Gasteiger partial charge is 0.191 e. The molecule has 0 amide bonds. The maximum absolute atomic E-state index is 10.00. The van der Waals surface area contributed by atoms with Crippen LogP contribution in [0.5, 0.6) is 5.75 Å². The summed E-state index contributed by atoms with van der Waals surface area (Å²) in [5, 5.41) is 16.3. The number of halogens is 1. The summed E-state index contributed by atoms with van der Waals surface area (Å²) < 4.78 is 10.6. The first-order chi connectivity index (χ1) is 11.2. The molecular weight excluding hydrogens is 421 g/mol. The fourth-order valence-corrected chi connectivity index (χ4v) is 1.91. The second-order valence-corrected chi connectivity index (χ2v) is 5.27. The van der Waals surface area contributed by atoms with Crippen LogP contribution in [0.1, 0.15) is 18.9 Å². The van der Waals surface area contributed by atoms with E-state index in [2.05, 4.69) is 15.6 Å². The van der Waals surface area contributed by atoms with Crippen molar-refractivity contribution in [2.75, 3.05) is 40.0 Å². The van der Waals surface area contributed by atoms with Gasteiger partial charge < -0.3 is 25.2 Å². The van der Waals surface area contributed by atoms with E-state index in [0.717, 1.165) is 30.8 Å². The number of aliphatic hydroxyl groups is 1. The molecule has 0 spiro atoms. The van der Waals surface area contributed by atoms with Crippen molar-refractivity contribution in [3.05, 3.63) is 29.8 Å². The molecule has 138 valence electrons. The summed E-state index contributed by atoms with van der Waals surface area (Å²) in [4.78, 5) is 4.36. The molecule has 0 radical (unpaired) electrons. The maximum Gasteiger partial charge on any atom is 0.191 e. The highest BCUT2D eigenvalue weighted by Gasteiger charge is 2.06. The second kappa shape index (κ2) is 14.3. The number of methoxy groups -OCH3 is 1. The van der Waals surface area contributed by atoms with Crippen molar-refractivity contribution in [1.29, 1.82) is 0 Å². The Morgan fingerprint density at radius 3 is 2.79 bits per heavy atom. The monoisotopic (exact) mass is 451 g/mol. The summed E-state index contributed by atoms with van der Waals surface area (Å²) in [6, 6.07) is 7.76. The van der Waals surface area contributed by atoms with E-state index in [1.165, 1.54) is 0 Å². The van der Waals surface area contributed by atoms with Gasteiger partial charge in [-0.1, -0.05) is 12.1 Å². The molecule has 0 bridgehead atoms. The number of aryl methyl sites for hydroxylation is 1. The van der Waals surface area contributed by atoms with E-state index in [4.69, 9.17) is 9.47 Å². The Balaban J connectivity index is 0.00000529. The Hall–Kier alpha value is -1.06. The second-order valence-electron chi connectivity index (χ2n) is 5.27. The normalized spacial score (nSPS) is 12.2. The number of rotatable bonds is 10. The van der Waals surface area contributed by atoms with E-state index >= 15 is 0 Å². The van der Waals surface area contributed by atoms with Gasteiger partial charge in [-0.3, -0.25) is 4.99 Å². The van der Waals surface area contributed by atoms with Crippen LogP contribution in [0.3, 0.4) is 0 Å². The standard InChI is InChI=1S/C17H29N3O3.HI/c1-4-18-17(19-9-6-10-22-3)20-12-15(21)13-23-16-8-5-7-14(2)11-16;/h5,7-8,11,15,21H,4,6,9-10,12-13H2,1-3H3,(H2,18,19,20);1H. The lowest BCUT2D eigenvalue weighted by molar-refractivity contribution is 0.114. The molecule has 1 aromatic carbocycles. The summed E-state index contributed by atoms with van der Waals surface area (Å²) >= 11 is 0. The largest absolute Gasteiger partial charge is 0.491 e.